The molecule has 5 nitrogen and oxygen atoms in total. The van der Waals surface area contributed by atoms with Crippen LogP contribution in [0.4, 0.5) is 0 Å². The van der Waals surface area contributed by atoms with E-state index in [4.69, 9.17) is 4.74 Å². The normalized spacial score (nSPS) is 10.6. The Labute approximate surface area is 184 Å². The summed E-state index contributed by atoms with van der Waals surface area (Å²) in [5.74, 6) is -0.455. The van der Waals surface area contributed by atoms with Gasteiger partial charge in [0.05, 0.1) is 17.3 Å². The SMILES string of the molecule is O=C(Oc1ccc(Br)cc1/C=N\NC(=O)c1ccccc1I)c1ccccc1. The van der Waals surface area contributed by atoms with Crippen LogP contribution in [-0.2, 0) is 0 Å². The van der Waals surface area contributed by atoms with Crippen LogP contribution in [0.25, 0.3) is 0 Å². The van der Waals surface area contributed by atoms with Gasteiger partial charge in [0.2, 0.25) is 0 Å². The fraction of sp³-hybridized carbons (Fsp3) is 0. The van der Waals surface area contributed by atoms with E-state index in [-0.39, 0.29) is 5.91 Å². The van der Waals surface area contributed by atoms with E-state index in [1.54, 1.807) is 54.6 Å². The van der Waals surface area contributed by atoms with Crippen LogP contribution in [0.3, 0.4) is 0 Å². The number of benzene rings is 3. The van der Waals surface area contributed by atoms with Crippen LogP contribution >= 0.6 is 38.5 Å². The molecule has 0 aliphatic rings. The molecule has 0 fully saturated rings. The van der Waals surface area contributed by atoms with Gasteiger partial charge in [0, 0.05) is 13.6 Å². The molecule has 0 atom stereocenters. The number of hydrazone groups is 1. The number of carbonyl (C=O) groups is 2. The van der Waals surface area contributed by atoms with Gasteiger partial charge in [0.15, 0.2) is 0 Å². The first-order valence-corrected chi connectivity index (χ1v) is 10.1. The number of amides is 1. The minimum absolute atomic E-state index is 0.320. The van der Waals surface area contributed by atoms with Crippen LogP contribution < -0.4 is 10.2 Å². The van der Waals surface area contributed by atoms with E-state index in [2.05, 4.69) is 49.0 Å². The fourth-order valence-corrected chi connectivity index (χ4v) is 3.32. The fourth-order valence-electron chi connectivity index (χ4n) is 2.31. The minimum atomic E-state index is -0.472. The first-order chi connectivity index (χ1) is 13.5. The number of nitrogens with one attached hydrogen (secondary N) is 1. The predicted molar refractivity (Wildman–Crippen MR) is 120 cm³/mol. The van der Waals surface area contributed by atoms with E-state index in [1.165, 1.54) is 6.21 Å². The molecule has 0 heterocycles. The highest BCUT2D eigenvalue weighted by atomic mass is 127. The van der Waals surface area contributed by atoms with Crippen LogP contribution in [0.2, 0.25) is 0 Å². The molecule has 0 saturated heterocycles. The molecule has 0 aliphatic carbocycles. The van der Waals surface area contributed by atoms with E-state index < -0.39 is 5.97 Å². The summed E-state index contributed by atoms with van der Waals surface area (Å²) in [4.78, 5) is 24.6. The van der Waals surface area contributed by atoms with Crippen molar-refractivity contribution in [3.63, 3.8) is 0 Å². The Balaban J connectivity index is 1.75. The van der Waals surface area contributed by atoms with Crippen molar-refractivity contribution in [2.45, 2.75) is 0 Å². The third-order valence-corrected chi connectivity index (χ3v) is 5.11. The highest BCUT2D eigenvalue weighted by molar-refractivity contribution is 14.1. The van der Waals surface area contributed by atoms with Crippen molar-refractivity contribution in [3.8, 4) is 5.75 Å². The van der Waals surface area contributed by atoms with Crippen molar-refractivity contribution in [2.24, 2.45) is 5.10 Å². The Morgan fingerprint density at radius 1 is 1.00 bits per heavy atom. The van der Waals surface area contributed by atoms with Gasteiger partial charge in [-0.2, -0.15) is 5.10 Å². The third kappa shape index (κ3) is 5.26. The Morgan fingerprint density at radius 2 is 1.71 bits per heavy atom. The molecule has 28 heavy (non-hydrogen) atoms. The summed E-state index contributed by atoms with van der Waals surface area (Å²) in [6.07, 6.45) is 1.44. The summed E-state index contributed by atoms with van der Waals surface area (Å²) in [5.41, 5.74) is 4.01. The first-order valence-electron chi connectivity index (χ1n) is 8.19. The second-order valence-electron chi connectivity index (χ2n) is 5.62. The van der Waals surface area contributed by atoms with Gasteiger partial charge in [0.25, 0.3) is 5.91 Å². The molecule has 3 aromatic carbocycles. The number of esters is 1. The van der Waals surface area contributed by atoms with Gasteiger partial charge in [0.1, 0.15) is 5.75 Å². The number of hydrogen-bond acceptors (Lipinski definition) is 4. The molecule has 0 unspecified atom stereocenters. The lowest BCUT2D eigenvalue weighted by molar-refractivity contribution is 0.0734. The molecule has 0 radical (unpaired) electrons. The van der Waals surface area contributed by atoms with Crippen molar-refractivity contribution in [2.75, 3.05) is 0 Å². The Morgan fingerprint density at radius 3 is 2.46 bits per heavy atom. The zero-order chi connectivity index (χ0) is 19.9. The maximum Gasteiger partial charge on any atom is 0.343 e. The van der Waals surface area contributed by atoms with Crippen LogP contribution in [0.15, 0.2) is 82.4 Å². The average Bonchev–Trinajstić information content (AvgIpc) is 2.70. The van der Waals surface area contributed by atoms with Crippen LogP contribution in [0.1, 0.15) is 26.3 Å². The average molecular weight is 549 g/mol. The molecular weight excluding hydrogens is 535 g/mol. The molecule has 0 bridgehead atoms. The van der Waals surface area contributed by atoms with E-state index in [0.29, 0.717) is 22.4 Å². The minimum Gasteiger partial charge on any atom is -0.422 e. The summed E-state index contributed by atoms with van der Waals surface area (Å²) < 4.78 is 7.10. The van der Waals surface area contributed by atoms with Gasteiger partial charge in [-0.1, -0.05) is 46.3 Å². The molecule has 0 spiro atoms. The maximum absolute atomic E-state index is 12.3. The van der Waals surface area contributed by atoms with Crippen molar-refractivity contribution < 1.29 is 14.3 Å². The quantitative estimate of drug-likeness (QED) is 0.160. The van der Waals surface area contributed by atoms with Crippen molar-refractivity contribution in [3.05, 3.63) is 97.5 Å². The molecule has 140 valence electrons. The number of ether oxygens (including phenoxy) is 1. The van der Waals surface area contributed by atoms with Crippen molar-refractivity contribution in [1.82, 2.24) is 5.43 Å². The lowest BCUT2D eigenvalue weighted by Gasteiger charge is -2.08. The molecule has 0 saturated carbocycles. The van der Waals surface area contributed by atoms with Crippen molar-refractivity contribution >= 4 is 56.6 Å². The predicted octanol–water partition coefficient (Wildman–Crippen LogP) is 5.04. The maximum atomic E-state index is 12.3. The van der Waals surface area contributed by atoms with Crippen LogP contribution in [-0.4, -0.2) is 18.1 Å². The zero-order valence-corrected chi connectivity index (χ0v) is 18.2. The Hall–Kier alpha value is -2.52. The first kappa shape index (κ1) is 20.2. The van der Waals surface area contributed by atoms with Crippen LogP contribution in [0.5, 0.6) is 5.75 Å². The van der Waals surface area contributed by atoms with E-state index in [9.17, 15) is 9.59 Å². The number of carbonyl (C=O) groups excluding carboxylic acids is 2. The van der Waals surface area contributed by atoms with Gasteiger partial charge in [-0.3, -0.25) is 4.79 Å². The summed E-state index contributed by atoms with van der Waals surface area (Å²) in [6, 6.07) is 21.1. The van der Waals surface area contributed by atoms with Crippen LogP contribution in [0, 0.1) is 3.57 Å². The Kier molecular flexibility index (Phi) is 6.94. The number of rotatable bonds is 5. The highest BCUT2D eigenvalue weighted by Crippen LogP contribution is 2.23. The molecule has 3 rings (SSSR count). The molecule has 7 heteroatoms. The van der Waals surface area contributed by atoms with E-state index in [0.717, 1.165) is 8.04 Å². The smallest absolute Gasteiger partial charge is 0.343 e. The highest BCUT2D eigenvalue weighted by Gasteiger charge is 2.12. The third-order valence-electron chi connectivity index (χ3n) is 3.67. The summed E-state index contributed by atoms with van der Waals surface area (Å²) in [5, 5.41) is 4.00. The summed E-state index contributed by atoms with van der Waals surface area (Å²) in [7, 11) is 0. The Bertz CT molecular complexity index is 1040. The summed E-state index contributed by atoms with van der Waals surface area (Å²) >= 11 is 5.47. The molecule has 1 N–H and O–H groups in total. The van der Waals surface area contributed by atoms with E-state index in [1.807, 2.05) is 18.2 Å². The number of halogens is 2. The second kappa shape index (κ2) is 9.61. The lowest BCUT2D eigenvalue weighted by Crippen LogP contribution is -2.18. The zero-order valence-electron chi connectivity index (χ0n) is 14.4. The van der Waals surface area contributed by atoms with Gasteiger partial charge in [-0.25, -0.2) is 10.2 Å². The monoisotopic (exact) mass is 548 g/mol. The summed E-state index contributed by atoms with van der Waals surface area (Å²) in [6.45, 7) is 0. The molecular formula is C21H14BrIN2O3. The standard InChI is InChI=1S/C21H14BrIN2O3/c22-16-10-11-19(28-21(27)14-6-2-1-3-7-14)15(12-16)13-24-25-20(26)17-8-4-5-9-18(17)23/h1-13H,(H,25,26)/b24-13-. The molecule has 0 aromatic heterocycles. The van der Waals surface area contributed by atoms with Gasteiger partial charge in [-0.05, 0) is 65.1 Å². The molecule has 0 aliphatic heterocycles. The lowest BCUT2D eigenvalue weighted by atomic mass is 10.2. The largest absolute Gasteiger partial charge is 0.422 e. The van der Waals surface area contributed by atoms with Gasteiger partial charge < -0.3 is 4.74 Å². The molecule has 3 aromatic rings. The van der Waals surface area contributed by atoms with Gasteiger partial charge >= 0.3 is 5.97 Å². The molecule has 1 amide bonds. The van der Waals surface area contributed by atoms with Gasteiger partial charge in [-0.15, -0.1) is 0 Å². The topological polar surface area (TPSA) is 67.8 Å². The van der Waals surface area contributed by atoms with Crippen molar-refractivity contribution in [1.29, 1.82) is 0 Å². The van der Waals surface area contributed by atoms with E-state index >= 15 is 0 Å². The number of hydrogen-bond donors (Lipinski definition) is 1. The number of nitrogens with zero attached hydrogens (tertiary/aromatic N) is 1. The second-order valence-corrected chi connectivity index (χ2v) is 7.69.